The highest BCUT2D eigenvalue weighted by Crippen LogP contribution is 2.39. The van der Waals surface area contributed by atoms with Crippen LogP contribution < -0.4 is 10.3 Å². The van der Waals surface area contributed by atoms with Crippen LogP contribution in [0.2, 0.25) is 0 Å². The second kappa shape index (κ2) is 8.40. The normalized spacial score (nSPS) is 17.5. The Bertz CT molecular complexity index is 1110. The summed E-state index contributed by atoms with van der Waals surface area (Å²) < 4.78 is 0. The fraction of sp³-hybridized carbons (Fsp3) is 0.250. The Labute approximate surface area is 190 Å². The van der Waals surface area contributed by atoms with Crippen molar-refractivity contribution in [1.82, 2.24) is 10.3 Å². The minimum Gasteiger partial charge on any atom is -0.294 e. The van der Waals surface area contributed by atoms with E-state index < -0.39 is 0 Å². The molecule has 0 saturated carbocycles. The van der Waals surface area contributed by atoms with Crippen LogP contribution in [0.3, 0.4) is 0 Å². The van der Waals surface area contributed by atoms with Crippen LogP contribution in [0.4, 0.5) is 5.69 Å². The second-order valence-electron chi connectivity index (χ2n) is 8.01. The second-order valence-corrected chi connectivity index (χ2v) is 9.86. The summed E-state index contributed by atoms with van der Waals surface area (Å²) in [4.78, 5) is 18.1. The van der Waals surface area contributed by atoms with Crippen molar-refractivity contribution in [3.05, 3.63) is 87.6 Å². The number of hydrogen-bond acceptors (Lipinski definition) is 6. The van der Waals surface area contributed by atoms with Gasteiger partial charge in [0.2, 0.25) is 6.29 Å². The quantitative estimate of drug-likeness (QED) is 0.566. The molecular formula is C24H24N4OS2. The Hall–Kier alpha value is -2.77. The zero-order valence-corrected chi connectivity index (χ0v) is 19.1. The molecule has 0 fully saturated rings. The average molecular weight is 449 g/mol. The molecule has 1 aromatic heterocycles. The van der Waals surface area contributed by atoms with E-state index in [1.165, 1.54) is 22.5 Å². The maximum absolute atomic E-state index is 13.3. The molecule has 0 saturated heterocycles. The van der Waals surface area contributed by atoms with E-state index in [0.717, 1.165) is 27.0 Å². The van der Waals surface area contributed by atoms with Gasteiger partial charge < -0.3 is 0 Å². The van der Waals surface area contributed by atoms with Gasteiger partial charge in [0.1, 0.15) is 4.88 Å². The monoisotopic (exact) mass is 448 g/mol. The predicted octanol–water partition coefficient (Wildman–Crippen LogP) is 5.43. The fourth-order valence-corrected chi connectivity index (χ4v) is 5.63. The number of nitrogens with zero attached hydrogens (tertiary/aromatic N) is 3. The van der Waals surface area contributed by atoms with E-state index in [9.17, 15) is 4.79 Å². The van der Waals surface area contributed by atoms with Gasteiger partial charge in [0.05, 0.1) is 5.69 Å². The lowest BCUT2D eigenvalue weighted by Gasteiger charge is -2.39. The van der Waals surface area contributed by atoms with Crippen LogP contribution in [0.25, 0.3) is 0 Å². The number of thioether (sulfide) groups is 1. The lowest BCUT2D eigenvalue weighted by molar-refractivity contribution is 0.0629. The number of carbonyl (C=O) groups excluding carboxylic acids is 1. The zero-order valence-electron chi connectivity index (χ0n) is 17.5. The summed E-state index contributed by atoms with van der Waals surface area (Å²) in [5.41, 5.74) is 7.82. The largest absolute Gasteiger partial charge is 0.294 e. The number of fused-ring (bicyclic) bond motifs is 3. The number of thiophene rings is 1. The van der Waals surface area contributed by atoms with E-state index in [0.29, 0.717) is 12.5 Å². The Morgan fingerprint density at radius 2 is 1.84 bits per heavy atom. The third-order valence-corrected chi connectivity index (χ3v) is 7.51. The van der Waals surface area contributed by atoms with Crippen LogP contribution in [0, 0.1) is 0 Å². The van der Waals surface area contributed by atoms with Gasteiger partial charge in [-0.1, -0.05) is 80.2 Å². The van der Waals surface area contributed by atoms with Crippen LogP contribution in [0.1, 0.15) is 46.1 Å². The maximum atomic E-state index is 13.3. The number of anilines is 1. The number of amides is 1. The molecule has 3 heterocycles. The molecule has 1 N–H and O–H groups in total. The number of hydrogen-bond donors (Lipinski definition) is 1. The number of carbonyl (C=O) groups is 1. The van der Waals surface area contributed by atoms with Crippen LogP contribution in [0.5, 0.6) is 0 Å². The third-order valence-electron chi connectivity index (χ3n) is 5.59. The van der Waals surface area contributed by atoms with Crippen LogP contribution in [-0.4, -0.2) is 22.3 Å². The van der Waals surface area contributed by atoms with Crippen molar-refractivity contribution in [2.45, 2.75) is 38.4 Å². The van der Waals surface area contributed by atoms with E-state index >= 15 is 0 Å². The molecule has 2 aliphatic rings. The summed E-state index contributed by atoms with van der Waals surface area (Å²) >= 11 is 3.18. The number of rotatable bonds is 5. The molecule has 1 unspecified atom stereocenters. The van der Waals surface area contributed by atoms with Gasteiger partial charge >= 0.3 is 0 Å². The SMILES string of the molecule is CC(C)c1ccc(CN2C(=O)c3sccc3N3C(SCc4ccccc4)=NNC23)cc1. The maximum Gasteiger partial charge on any atom is 0.269 e. The van der Waals surface area contributed by atoms with Gasteiger partial charge in [-0.05, 0) is 34.1 Å². The van der Waals surface area contributed by atoms with Crippen LogP contribution in [0.15, 0.2) is 71.1 Å². The Kier molecular flexibility index (Phi) is 5.46. The molecule has 0 bridgehead atoms. The van der Waals surface area contributed by atoms with E-state index in [1.807, 2.05) is 22.4 Å². The lowest BCUT2D eigenvalue weighted by Crippen LogP contribution is -2.57. The average Bonchev–Trinajstić information content (AvgIpc) is 3.43. The van der Waals surface area contributed by atoms with Crippen molar-refractivity contribution in [1.29, 1.82) is 0 Å². The molecule has 1 atom stereocenters. The van der Waals surface area contributed by atoms with Gasteiger partial charge in [0.15, 0.2) is 5.17 Å². The number of amidine groups is 1. The molecule has 0 spiro atoms. The molecule has 7 heteroatoms. The van der Waals surface area contributed by atoms with E-state index in [2.05, 4.69) is 77.8 Å². The minimum absolute atomic E-state index is 0.0520. The Balaban J connectivity index is 1.39. The van der Waals surface area contributed by atoms with Crippen molar-refractivity contribution in [2.75, 3.05) is 4.90 Å². The summed E-state index contributed by atoms with van der Waals surface area (Å²) in [6.07, 6.45) is -0.308. The molecule has 5 rings (SSSR count). The standard InChI is InChI=1S/C24H24N4OS2/c1-16(2)19-10-8-17(9-11-19)14-27-22(29)21-20(12-13-30-21)28-23(27)25-26-24(28)31-15-18-6-4-3-5-7-18/h3-13,16,23,25H,14-15H2,1-2H3. The van der Waals surface area contributed by atoms with Gasteiger partial charge in [-0.2, -0.15) is 5.10 Å². The molecular weight excluding hydrogens is 424 g/mol. The molecule has 31 heavy (non-hydrogen) atoms. The summed E-state index contributed by atoms with van der Waals surface area (Å²) in [7, 11) is 0. The van der Waals surface area contributed by atoms with Crippen molar-refractivity contribution < 1.29 is 4.79 Å². The summed E-state index contributed by atoms with van der Waals surface area (Å²) in [5, 5.41) is 7.48. The molecule has 2 aromatic carbocycles. The molecule has 0 radical (unpaired) electrons. The van der Waals surface area contributed by atoms with Gasteiger partial charge in [0, 0.05) is 12.3 Å². The first-order valence-corrected chi connectivity index (χ1v) is 12.2. The molecule has 3 aromatic rings. The number of benzene rings is 2. The smallest absolute Gasteiger partial charge is 0.269 e. The first-order chi connectivity index (χ1) is 15.1. The first kappa shape index (κ1) is 20.2. The Morgan fingerprint density at radius 1 is 1.06 bits per heavy atom. The first-order valence-electron chi connectivity index (χ1n) is 10.4. The zero-order chi connectivity index (χ0) is 21.4. The van der Waals surface area contributed by atoms with E-state index in [1.54, 1.807) is 11.8 Å². The highest BCUT2D eigenvalue weighted by Gasteiger charge is 2.43. The molecule has 1 amide bonds. The van der Waals surface area contributed by atoms with E-state index in [-0.39, 0.29) is 12.2 Å². The summed E-state index contributed by atoms with van der Waals surface area (Å²) in [6.45, 7) is 4.91. The highest BCUT2D eigenvalue weighted by molar-refractivity contribution is 8.13. The molecule has 158 valence electrons. The molecule has 5 nitrogen and oxygen atoms in total. The van der Waals surface area contributed by atoms with E-state index in [4.69, 9.17) is 0 Å². The number of hydrazone groups is 1. The summed E-state index contributed by atoms with van der Waals surface area (Å²) in [5.74, 6) is 1.37. The third kappa shape index (κ3) is 3.83. The van der Waals surface area contributed by atoms with Crippen LogP contribution >= 0.6 is 23.1 Å². The van der Waals surface area contributed by atoms with Gasteiger partial charge in [-0.25, -0.2) is 0 Å². The Morgan fingerprint density at radius 3 is 2.58 bits per heavy atom. The summed E-state index contributed by atoms with van der Waals surface area (Å²) in [6, 6.07) is 20.9. The van der Waals surface area contributed by atoms with Gasteiger partial charge in [-0.3, -0.25) is 20.0 Å². The predicted molar refractivity (Wildman–Crippen MR) is 129 cm³/mol. The molecule has 0 aliphatic carbocycles. The highest BCUT2D eigenvalue weighted by atomic mass is 32.2. The molecule has 2 aliphatic heterocycles. The topological polar surface area (TPSA) is 47.9 Å². The fourth-order valence-electron chi connectivity index (χ4n) is 3.85. The van der Waals surface area contributed by atoms with Gasteiger partial charge in [-0.15, -0.1) is 11.3 Å². The van der Waals surface area contributed by atoms with Crippen molar-refractivity contribution in [3.63, 3.8) is 0 Å². The minimum atomic E-state index is -0.308. The lowest BCUT2D eigenvalue weighted by atomic mass is 10.0. The van der Waals surface area contributed by atoms with Crippen molar-refractivity contribution in [3.8, 4) is 0 Å². The van der Waals surface area contributed by atoms with Crippen molar-refractivity contribution in [2.24, 2.45) is 5.10 Å². The van der Waals surface area contributed by atoms with Crippen LogP contribution in [-0.2, 0) is 12.3 Å². The number of nitrogens with one attached hydrogen (secondary N) is 1. The van der Waals surface area contributed by atoms with Gasteiger partial charge in [0.25, 0.3) is 5.91 Å². The van der Waals surface area contributed by atoms with Crippen molar-refractivity contribution >= 4 is 39.9 Å².